The average Bonchev–Trinajstić information content (AvgIpc) is 2.16. The van der Waals surface area contributed by atoms with Gasteiger partial charge in [0.2, 0.25) is 0 Å². The van der Waals surface area contributed by atoms with Gasteiger partial charge in [-0.1, -0.05) is 39.0 Å². The topological polar surface area (TPSA) is 12.0 Å². The third-order valence-corrected chi connectivity index (χ3v) is 3.39. The van der Waals surface area contributed by atoms with Crippen molar-refractivity contribution in [1.29, 1.82) is 0 Å². The molecular formula is C12H23F2N. The van der Waals surface area contributed by atoms with Crippen LogP contribution in [0.1, 0.15) is 58.3 Å². The summed E-state index contributed by atoms with van der Waals surface area (Å²) < 4.78 is 26.3. The van der Waals surface area contributed by atoms with Crippen LogP contribution < -0.4 is 5.32 Å². The highest BCUT2D eigenvalue weighted by Crippen LogP contribution is 2.31. The first-order chi connectivity index (χ1) is 7.21. The fourth-order valence-electron chi connectivity index (χ4n) is 2.38. The van der Waals surface area contributed by atoms with E-state index in [2.05, 4.69) is 5.32 Å². The van der Waals surface area contributed by atoms with Crippen molar-refractivity contribution in [1.82, 2.24) is 5.32 Å². The Bertz CT molecular complexity index is 157. The summed E-state index contributed by atoms with van der Waals surface area (Å²) in [5.41, 5.74) is -0.879. The van der Waals surface area contributed by atoms with Crippen molar-refractivity contribution in [2.24, 2.45) is 0 Å². The van der Waals surface area contributed by atoms with Crippen molar-refractivity contribution in [2.45, 2.75) is 70.3 Å². The maximum Gasteiger partial charge on any atom is 0.256 e. The van der Waals surface area contributed by atoms with E-state index in [0.29, 0.717) is 19.4 Å². The first-order valence-electron chi connectivity index (χ1n) is 6.24. The molecule has 90 valence electrons. The Balaban J connectivity index is 2.58. The second-order valence-electron chi connectivity index (χ2n) is 4.65. The van der Waals surface area contributed by atoms with Gasteiger partial charge >= 0.3 is 0 Å². The summed E-state index contributed by atoms with van der Waals surface area (Å²) in [7, 11) is 0. The summed E-state index contributed by atoms with van der Waals surface area (Å²) in [5, 5.41) is 3.10. The van der Waals surface area contributed by atoms with E-state index in [1.807, 2.05) is 6.92 Å². The van der Waals surface area contributed by atoms with Gasteiger partial charge in [-0.3, -0.25) is 0 Å². The van der Waals surface area contributed by atoms with E-state index in [4.69, 9.17) is 0 Å². The number of nitrogens with one attached hydrogen (secondary N) is 1. The third-order valence-electron chi connectivity index (χ3n) is 3.39. The van der Waals surface area contributed by atoms with Crippen LogP contribution in [-0.4, -0.2) is 18.5 Å². The SMILES string of the molecule is CCCNC1(C(F)F)CCCCCCC1. The fourth-order valence-corrected chi connectivity index (χ4v) is 2.38. The van der Waals surface area contributed by atoms with Crippen LogP contribution in [0.5, 0.6) is 0 Å². The maximum atomic E-state index is 13.1. The molecular weight excluding hydrogens is 196 g/mol. The molecule has 1 rings (SSSR count). The van der Waals surface area contributed by atoms with Crippen molar-refractivity contribution in [3.8, 4) is 0 Å². The number of rotatable bonds is 4. The molecule has 0 aromatic heterocycles. The summed E-state index contributed by atoms with van der Waals surface area (Å²) in [6.45, 7) is 2.74. The van der Waals surface area contributed by atoms with Crippen LogP contribution in [0.3, 0.4) is 0 Å². The molecule has 0 radical (unpaired) electrons. The molecule has 1 aliphatic rings. The van der Waals surface area contributed by atoms with Gasteiger partial charge < -0.3 is 5.32 Å². The third kappa shape index (κ3) is 3.71. The zero-order chi connectivity index (χ0) is 11.1. The van der Waals surface area contributed by atoms with Crippen molar-refractivity contribution in [3.05, 3.63) is 0 Å². The molecule has 1 nitrogen and oxygen atoms in total. The van der Waals surface area contributed by atoms with Gasteiger partial charge in [0.25, 0.3) is 6.43 Å². The number of hydrogen-bond donors (Lipinski definition) is 1. The van der Waals surface area contributed by atoms with Crippen LogP contribution in [0, 0.1) is 0 Å². The van der Waals surface area contributed by atoms with Gasteiger partial charge in [-0.15, -0.1) is 0 Å². The molecule has 0 saturated heterocycles. The highest BCUT2D eigenvalue weighted by atomic mass is 19.3. The van der Waals surface area contributed by atoms with Crippen LogP contribution in [0.2, 0.25) is 0 Å². The van der Waals surface area contributed by atoms with E-state index in [-0.39, 0.29) is 0 Å². The maximum absolute atomic E-state index is 13.1. The predicted molar refractivity (Wildman–Crippen MR) is 59.3 cm³/mol. The van der Waals surface area contributed by atoms with Crippen LogP contribution in [0.15, 0.2) is 0 Å². The van der Waals surface area contributed by atoms with Gasteiger partial charge in [-0.05, 0) is 25.8 Å². The van der Waals surface area contributed by atoms with Gasteiger partial charge in [0.1, 0.15) is 0 Å². The lowest BCUT2D eigenvalue weighted by atomic mass is 9.84. The highest BCUT2D eigenvalue weighted by molar-refractivity contribution is 4.91. The Kier molecular flexibility index (Phi) is 5.51. The van der Waals surface area contributed by atoms with Gasteiger partial charge in [-0.25, -0.2) is 8.78 Å². The first kappa shape index (κ1) is 12.9. The zero-order valence-electron chi connectivity index (χ0n) is 9.70. The van der Waals surface area contributed by atoms with Gasteiger partial charge in [0.05, 0.1) is 5.54 Å². The standard InChI is InChI=1S/C12H23F2N/c1-2-10-15-12(11(13)14)8-6-4-3-5-7-9-12/h11,15H,2-10H2,1H3. The Morgan fingerprint density at radius 1 is 1.07 bits per heavy atom. The Morgan fingerprint density at radius 3 is 2.07 bits per heavy atom. The summed E-state index contributed by atoms with van der Waals surface area (Å²) in [6.07, 6.45) is 5.32. The van der Waals surface area contributed by atoms with Crippen molar-refractivity contribution in [2.75, 3.05) is 6.54 Å². The molecule has 0 bridgehead atoms. The summed E-state index contributed by atoms with van der Waals surface area (Å²) >= 11 is 0. The van der Waals surface area contributed by atoms with Crippen LogP contribution >= 0.6 is 0 Å². The van der Waals surface area contributed by atoms with Crippen molar-refractivity contribution >= 4 is 0 Å². The molecule has 0 aliphatic heterocycles. The van der Waals surface area contributed by atoms with Crippen LogP contribution in [-0.2, 0) is 0 Å². The molecule has 1 fully saturated rings. The Morgan fingerprint density at radius 2 is 1.60 bits per heavy atom. The number of hydrogen-bond acceptors (Lipinski definition) is 1. The molecule has 0 heterocycles. The molecule has 1 saturated carbocycles. The average molecular weight is 219 g/mol. The lowest BCUT2D eigenvalue weighted by molar-refractivity contribution is 0.0133. The predicted octanol–water partition coefficient (Wildman–Crippen LogP) is 3.73. The molecule has 0 aromatic carbocycles. The fraction of sp³-hybridized carbons (Fsp3) is 1.00. The molecule has 3 heteroatoms. The molecule has 0 amide bonds. The quantitative estimate of drug-likeness (QED) is 0.759. The summed E-state index contributed by atoms with van der Waals surface area (Å²) in [4.78, 5) is 0. The minimum absolute atomic E-state index is 0.644. The first-order valence-corrected chi connectivity index (χ1v) is 6.24. The summed E-state index contributed by atoms with van der Waals surface area (Å²) in [5.74, 6) is 0. The van der Waals surface area contributed by atoms with Gasteiger partial charge in [-0.2, -0.15) is 0 Å². The molecule has 15 heavy (non-hydrogen) atoms. The van der Waals surface area contributed by atoms with E-state index in [1.54, 1.807) is 0 Å². The smallest absolute Gasteiger partial charge is 0.256 e. The van der Waals surface area contributed by atoms with E-state index >= 15 is 0 Å². The molecule has 0 unspecified atom stereocenters. The second kappa shape index (κ2) is 6.41. The lowest BCUT2D eigenvalue weighted by Crippen LogP contribution is -2.51. The van der Waals surface area contributed by atoms with E-state index in [1.165, 1.54) is 6.42 Å². The van der Waals surface area contributed by atoms with E-state index in [0.717, 1.165) is 32.1 Å². The Labute approximate surface area is 91.6 Å². The Hall–Kier alpha value is -0.180. The van der Waals surface area contributed by atoms with Gasteiger partial charge in [0, 0.05) is 0 Å². The van der Waals surface area contributed by atoms with Crippen LogP contribution in [0.25, 0.3) is 0 Å². The number of halogens is 2. The largest absolute Gasteiger partial charge is 0.306 e. The van der Waals surface area contributed by atoms with E-state index < -0.39 is 12.0 Å². The second-order valence-corrected chi connectivity index (χ2v) is 4.65. The minimum Gasteiger partial charge on any atom is -0.306 e. The highest BCUT2D eigenvalue weighted by Gasteiger charge is 2.38. The molecule has 1 N–H and O–H groups in total. The molecule has 0 atom stereocenters. The normalized spacial score (nSPS) is 22.4. The zero-order valence-corrected chi connectivity index (χ0v) is 9.70. The van der Waals surface area contributed by atoms with Crippen molar-refractivity contribution in [3.63, 3.8) is 0 Å². The lowest BCUT2D eigenvalue weighted by Gasteiger charge is -2.35. The molecule has 0 spiro atoms. The van der Waals surface area contributed by atoms with Crippen LogP contribution in [0.4, 0.5) is 8.78 Å². The minimum atomic E-state index is -2.22. The summed E-state index contributed by atoms with van der Waals surface area (Å²) in [6, 6.07) is 0. The molecule has 1 aliphatic carbocycles. The molecule has 0 aromatic rings. The van der Waals surface area contributed by atoms with Gasteiger partial charge in [0.15, 0.2) is 0 Å². The monoisotopic (exact) mass is 219 g/mol. The van der Waals surface area contributed by atoms with Crippen molar-refractivity contribution < 1.29 is 8.78 Å². The number of alkyl halides is 2. The van der Waals surface area contributed by atoms with E-state index in [9.17, 15) is 8.78 Å².